The molecule has 344 valence electrons. The van der Waals surface area contributed by atoms with Gasteiger partial charge in [-0.2, -0.15) is 0 Å². The lowest BCUT2D eigenvalue weighted by atomic mass is 10.1. The van der Waals surface area contributed by atoms with Crippen molar-refractivity contribution in [1.29, 1.82) is 0 Å². The van der Waals surface area contributed by atoms with Crippen LogP contribution in [-0.4, -0.2) is 37.9 Å². The molecule has 5 nitrogen and oxygen atoms in total. The van der Waals surface area contributed by atoms with Crippen molar-refractivity contribution in [1.82, 2.24) is 0 Å². The number of unbranched alkanes of at least 4 members (excludes halogenated alkanes) is 20. The van der Waals surface area contributed by atoms with Crippen molar-refractivity contribution in [3.8, 4) is 0 Å². The second-order valence-corrected chi connectivity index (χ2v) is 16.3. The summed E-state index contributed by atoms with van der Waals surface area (Å²) in [6.07, 6.45) is 65.8. The van der Waals surface area contributed by atoms with Crippen LogP contribution in [0.1, 0.15) is 226 Å². The Hall–Kier alpha value is -2.92. The number of carbonyl (C=O) groups is 2. The maximum absolute atomic E-state index is 12.8. The van der Waals surface area contributed by atoms with Crippen molar-refractivity contribution >= 4 is 11.9 Å². The first kappa shape index (κ1) is 57.1. The summed E-state index contributed by atoms with van der Waals surface area (Å²) in [4.78, 5) is 25.4. The Kier molecular flexibility index (Phi) is 48.0. The summed E-state index contributed by atoms with van der Waals surface area (Å²) >= 11 is 0. The van der Waals surface area contributed by atoms with E-state index in [-0.39, 0.29) is 25.2 Å². The van der Waals surface area contributed by atoms with Gasteiger partial charge < -0.3 is 14.2 Å². The number of rotatable bonds is 45. The molecule has 0 fully saturated rings. The van der Waals surface area contributed by atoms with Gasteiger partial charge in [0, 0.05) is 19.4 Å². The number of hydrogen-bond acceptors (Lipinski definition) is 5. The average molecular weight is 835 g/mol. The zero-order valence-corrected chi connectivity index (χ0v) is 39.5. The first-order valence-corrected chi connectivity index (χ1v) is 25.1. The van der Waals surface area contributed by atoms with Crippen molar-refractivity contribution < 1.29 is 23.8 Å². The van der Waals surface area contributed by atoms with Gasteiger partial charge in [-0.15, -0.1) is 0 Å². The molecule has 0 N–H and O–H groups in total. The highest BCUT2D eigenvalue weighted by Gasteiger charge is 2.17. The fourth-order valence-electron chi connectivity index (χ4n) is 6.65. The molecule has 0 aliphatic carbocycles. The number of esters is 2. The monoisotopic (exact) mass is 835 g/mol. The van der Waals surface area contributed by atoms with Gasteiger partial charge in [0.15, 0.2) is 6.10 Å². The molecule has 60 heavy (non-hydrogen) atoms. The topological polar surface area (TPSA) is 61.8 Å². The smallest absolute Gasteiger partial charge is 0.306 e. The molecule has 0 rings (SSSR count). The van der Waals surface area contributed by atoms with Gasteiger partial charge in [-0.3, -0.25) is 9.59 Å². The summed E-state index contributed by atoms with van der Waals surface area (Å²) in [6, 6.07) is 0. The number of ether oxygens (including phenoxy) is 3. The highest BCUT2D eigenvalue weighted by Crippen LogP contribution is 2.13. The predicted octanol–water partition coefficient (Wildman–Crippen LogP) is 16.9. The summed E-state index contributed by atoms with van der Waals surface area (Å²) in [5.41, 5.74) is 0. The highest BCUT2D eigenvalue weighted by molar-refractivity contribution is 5.70. The van der Waals surface area contributed by atoms with Gasteiger partial charge in [0.25, 0.3) is 0 Å². The van der Waals surface area contributed by atoms with Gasteiger partial charge in [-0.05, 0) is 109 Å². The molecule has 0 aromatic carbocycles. The van der Waals surface area contributed by atoms with E-state index in [0.717, 1.165) is 103 Å². The largest absolute Gasteiger partial charge is 0.462 e. The van der Waals surface area contributed by atoms with Gasteiger partial charge in [-0.25, -0.2) is 0 Å². The van der Waals surface area contributed by atoms with Gasteiger partial charge in [0.05, 0.1) is 6.61 Å². The second-order valence-electron chi connectivity index (χ2n) is 16.3. The zero-order valence-electron chi connectivity index (χ0n) is 39.5. The van der Waals surface area contributed by atoms with Crippen LogP contribution in [0.5, 0.6) is 0 Å². The average Bonchev–Trinajstić information content (AvgIpc) is 3.25. The van der Waals surface area contributed by atoms with E-state index in [9.17, 15) is 9.59 Å². The Morgan fingerprint density at radius 1 is 0.383 bits per heavy atom. The summed E-state index contributed by atoms with van der Waals surface area (Å²) in [7, 11) is 0. The highest BCUT2D eigenvalue weighted by atomic mass is 16.6. The minimum Gasteiger partial charge on any atom is -0.462 e. The Morgan fingerprint density at radius 2 is 0.783 bits per heavy atom. The molecule has 0 saturated carbocycles. The molecule has 1 atom stereocenters. The first-order chi connectivity index (χ1) is 29.6. The maximum Gasteiger partial charge on any atom is 0.306 e. The molecule has 0 bridgehead atoms. The Bertz CT molecular complexity index is 1130. The summed E-state index contributed by atoms with van der Waals surface area (Å²) in [5, 5.41) is 0. The Balaban J connectivity index is 4.34. The molecule has 0 aliphatic heterocycles. The van der Waals surface area contributed by atoms with Crippen LogP contribution in [0.2, 0.25) is 0 Å². The molecule has 0 saturated heterocycles. The fraction of sp³-hybridized carbons (Fsp3) is 0.709. The third-order valence-electron chi connectivity index (χ3n) is 10.4. The fourth-order valence-corrected chi connectivity index (χ4v) is 6.65. The summed E-state index contributed by atoms with van der Waals surface area (Å²) in [5.74, 6) is -0.441. The molecule has 0 aromatic rings. The molecule has 0 heterocycles. The molecule has 0 aliphatic rings. The molecule has 0 spiro atoms. The van der Waals surface area contributed by atoms with E-state index in [1.165, 1.54) is 89.9 Å². The van der Waals surface area contributed by atoms with Crippen LogP contribution in [0, 0.1) is 0 Å². The Morgan fingerprint density at radius 3 is 1.27 bits per heavy atom. The quantitative estimate of drug-likeness (QED) is 0.0347. The zero-order chi connectivity index (χ0) is 43.5. The molecule has 0 amide bonds. The normalized spacial score (nSPS) is 12.9. The van der Waals surface area contributed by atoms with Crippen molar-refractivity contribution in [3.63, 3.8) is 0 Å². The summed E-state index contributed by atoms with van der Waals surface area (Å²) < 4.78 is 17.4. The van der Waals surface area contributed by atoms with Crippen molar-refractivity contribution in [2.24, 2.45) is 0 Å². The molecule has 1 unspecified atom stereocenters. The van der Waals surface area contributed by atoms with Gasteiger partial charge in [0.2, 0.25) is 0 Å². The van der Waals surface area contributed by atoms with Crippen LogP contribution in [0.15, 0.2) is 85.1 Å². The molecule has 5 heteroatoms. The van der Waals surface area contributed by atoms with Crippen LogP contribution in [-0.2, 0) is 23.8 Å². The number of hydrogen-bond donors (Lipinski definition) is 0. The lowest BCUT2D eigenvalue weighted by Gasteiger charge is -2.18. The van der Waals surface area contributed by atoms with Gasteiger partial charge in [-0.1, -0.05) is 189 Å². The van der Waals surface area contributed by atoms with Gasteiger partial charge >= 0.3 is 11.9 Å². The van der Waals surface area contributed by atoms with E-state index >= 15 is 0 Å². The minimum absolute atomic E-state index is 0.0626. The lowest BCUT2D eigenvalue weighted by molar-refractivity contribution is -0.163. The van der Waals surface area contributed by atoms with Crippen LogP contribution >= 0.6 is 0 Å². The van der Waals surface area contributed by atoms with Crippen molar-refractivity contribution in [2.75, 3.05) is 19.8 Å². The predicted molar refractivity (Wildman–Crippen MR) is 260 cm³/mol. The van der Waals surface area contributed by atoms with Crippen LogP contribution in [0.4, 0.5) is 0 Å². The maximum atomic E-state index is 12.8. The number of carbonyl (C=O) groups excluding carboxylic acids is 2. The van der Waals surface area contributed by atoms with Crippen LogP contribution in [0.3, 0.4) is 0 Å². The van der Waals surface area contributed by atoms with E-state index in [2.05, 4.69) is 106 Å². The summed E-state index contributed by atoms with van der Waals surface area (Å²) in [6.45, 7) is 7.57. The van der Waals surface area contributed by atoms with Crippen LogP contribution in [0.25, 0.3) is 0 Å². The third kappa shape index (κ3) is 47.8. The van der Waals surface area contributed by atoms with Crippen LogP contribution < -0.4 is 0 Å². The molecule has 0 aromatic heterocycles. The lowest BCUT2D eigenvalue weighted by Crippen LogP contribution is -2.30. The van der Waals surface area contributed by atoms with E-state index in [4.69, 9.17) is 14.2 Å². The third-order valence-corrected chi connectivity index (χ3v) is 10.4. The molecular formula is C55H94O5. The van der Waals surface area contributed by atoms with Crippen molar-refractivity contribution in [2.45, 2.75) is 232 Å². The minimum atomic E-state index is -0.559. The molecular weight excluding hydrogens is 741 g/mol. The van der Waals surface area contributed by atoms with E-state index in [0.29, 0.717) is 19.4 Å². The van der Waals surface area contributed by atoms with Gasteiger partial charge in [0.1, 0.15) is 6.61 Å². The number of allylic oxidation sites excluding steroid dienone is 14. The SMILES string of the molecule is CC/C=C\C/C=C\C/C=C\CCCCCCCC(=O)OCC(COCCCCCCCC/C=C\C/C=C\CCCCC)OC(=O)CCCCCCC/C=C\C/C=C\CCC. The van der Waals surface area contributed by atoms with Crippen molar-refractivity contribution in [3.05, 3.63) is 85.1 Å². The Labute approximate surface area is 371 Å². The molecule has 0 radical (unpaired) electrons. The van der Waals surface area contributed by atoms with E-state index in [1.54, 1.807) is 0 Å². The van der Waals surface area contributed by atoms with E-state index in [1.807, 2.05) is 0 Å². The van der Waals surface area contributed by atoms with E-state index < -0.39 is 6.10 Å². The first-order valence-electron chi connectivity index (χ1n) is 25.1. The second kappa shape index (κ2) is 50.4. The standard InChI is InChI=1S/C55H94O5/c1-4-7-10-13-16-19-22-25-27-29-32-35-38-41-44-47-50-58-51-53(60-55(57)49-46-43-40-37-34-30-24-21-18-15-12-9-6-3)52-59-54(56)48-45-42-39-36-33-31-28-26-23-20-17-14-11-8-5-2/h8,11-12,15-17,19-21,24-28,53H,4-7,9-10,13-14,18,22-23,29-52H2,1-3H3/b11-8-,15-12-,19-16-,20-17-,24-21-,27-25-,28-26-.